The summed E-state index contributed by atoms with van der Waals surface area (Å²) < 4.78 is 5.87. The average Bonchev–Trinajstić information content (AvgIpc) is 3.15. The third-order valence-electron chi connectivity index (χ3n) is 3.54. The predicted octanol–water partition coefficient (Wildman–Crippen LogP) is 4.94. The van der Waals surface area contributed by atoms with Crippen LogP contribution in [0, 0.1) is 0 Å². The van der Waals surface area contributed by atoms with Crippen molar-refractivity contribution in [1.82, 2.24) is 9.97 Å². The molecule has 0 saturated carbocycles. The maximum atomic E-state index is 5.87. The van der Waals surface area contributed by atoms with E-state index in [0.29, 0.717) is 6.61 Å². The van der Waals surface area contributed by atoms with Crippen LogP contribution < -0.4 is 4.74 Å². The number of rotatable bonds is 4. The Kier molecular flexibility index (Phi) is 3.74. The van der Waals surface area contributed by atoms with Crippen LogP contribution in [-0.2, 0) is 6.61 Å². The summed E-state index contributed by atoms with van der Waals surface area (Å²) in [5, 5.41) is 2.04. The number of fused-ring (bicyclic) bond motifs is 1. The van der Waals surface area contributed by atoms with Gasteiger partial charge in [-0.2, -0.15) is 0 Å². The van der Waals surface area contributed by atoms with Crippen molar-refractivity contribution in [2.75, 3.05) is 0 Å². The van der Waals surface area contributed by atoms with Gasteiger partial charge in [0.15, 0.2) is 0 Å². The first-order chi connectivity index (χ1) is 11.4. The van der Waals surface area contributed by atoms with Crippen LogP contribution in [0.5, 0.6) is 5.75 Å². The Labute approximate surface area is 138 Å². The fraction of sp³-hybridized carbons (Fsp3) is 0.0526. The summed E-state index contributed by atoms with van der Waals surface area (Å²) in [4.78, 5) is 10.3. The minimum Gasteiger partial charge on any atom is -0.489 e. The first-order valence-corrected chi connectivity index (χ1v) is 8.24. The van der Waals surface area contributed by atoms with Crippen molar-refractivity contribution in [1.29, 1.82) is 0 Å². The highest BCUT2D eigenvalue weighted by molar-refractivity contribution is 7.13. The van der Waals surface area contributed by atoms with Gasteiger partial charge >= 0.3 is 0 Å². The van der Waals surface area contributed by atoms with Crippen molar-refractivity contribution in [2.24, 2.45) is 0 Å². The van der Waals surface area contributed by atoms with Gasteiger partial charge in [0.1, 0.15) is 12.4 Å². The van der Waals surface area contributed by atoms with Gasteiger partial charge in [0.25, 0.3) is 0 Å². The number of nitrogens with zero attached hydrogens (tertiary/aromatic N) is 2. The molecule has 0 aliphatic carbocycles. The predicted molar refractivity (Wildman–Crippen MR) is 93.6 cm³/mol. The third kappa shape index (κ3) is 3.07. The van der Waals surface area contributed by atoms with Crippen LogP contribution in [0.4, 0.5) is 0 Å². The van der Waals surface area contributed by atoms with E-state index in [1.165, 1.54) is 0 Å². The summed E-state index contributed by atoms with van der Waals surface area (Å²) in [6.45, 7) is 0.546. The van der Waals surface area contributed by atoms with Crippen LogP contribution in [0.2, 0.25) is 0 Å². The molecule has 4 aromatic rings. The second-order valence-corrected chi connectivity index (χ2v) is 6.11. The van der Waals surface area contributed by atoms with E-state index in [1.54, 1.807) is 11.3 Å². The second-order valence-electron chi connectivity index (χ2n) is 5.16. The van der Waals surface area contributed by atoms with Gasteiger partial charge in [-0.25, -0.2) is 4.98 Å². The summed E-state index contributed by atoms with van der Waals surface area (Å²) in [6, 6.07) is 20.0. The molecular formula is C19H14N2OS. The van der Waals surface area contributed by atoms with E-state index in [0.717, 1.165) is 32.9 Å². The standard InChI is InChI=1S/C19H14N2OS/c1-2-5-14(6-3-1)13-22-15-8-9-16-17(11-15)21-18(12-20-16)19-7-4-10-23-19/h1-12H,13H2. The van der Waals surface area contributed by atoms with Gasteiger partial charge in [0, 0.05) is 6.07 Å². The molecule has 0 saturated heterocycles. The summed E-state index contributed by atoms with van der Waals surface area (Å²) in [6.07, 6.45) is 1.82. The van der Waals surface area contributed by atoms with Crippen LogP contribution >= 0.6 is 11.3 Å². The fourth-order valence-corrected chi connectivity index (χ4v) is 3.04. The Morgan fingerprint density at radius 3 is 2.65 bits per heavy atom. The van der Waals surface area contributed by atoms with Crippen LogP contribution in [0.3, 0.4) is 0 Å². The van der Waals surface area contributed by atoms with E-state index in [-0.39, 0.29) is 0 Å². The summed E-state index contributed by atoms with van der Waals surface area (Å²) in [7, 11) is 0. The van der Waals surface area contributed by atoms with E-state index in [9.17, 15) is 0 Å². The number of aromatic nitrogens is 2. The minimum absolute atomic E-state index is 0.546. The molecule has 2 aromatic carbocycles. The molecule has 3 nitrogen and oxygen atoms in total. The molecule has 0 aliphatic rings. The zero-order valence-electron chi connectivity index (χ0n) is 12.3. The average molecular weight is 318 g/mol. The number of thiophene rings is 1. The number of ether oxygens (including phenoxy) is 1. The van der Waals surface area contributed by atoms with Crippen molar-refractivity contribution < 1.29 is 4.74 Å². The van der Waals surface area contributed by atoms with Gasteiger partial charge in [0.2, 0.25) is 0 Å². The SMILES string of the molecule is c1ccc(COc2ccc3ncc(-c4cccs4)nc3c2)cc1. The Balaban J connectivity index is 1.61. The number of hydrogen-bond donors (Lipinski definition) is 0. The van der Waals surface area contributed by atoms with Crippen molar-refractivity contribution in [3.8, 4) is 16.3 Å². The molecule has 0 fully saturated rings. The molecule has 23 heavy (non-hydrogen) atoms. The highest BCUT2D eigenvalue weighted by Gasteiger charge is 2.05. The van der Waals surface area contributed by atoms with E-state index in [2.05, 4.69) is 23.2 Å². The lowest BCUT2D eigenvalue weighted by Gasteiger charge is -2.07. The lowest BCUT2D eigenvalue weighted by Crippen LogP contribution is -1.95. The van der Waals surface area contributed by atoms with Gasteiger partial charge in [-0.15, -0.1) is 11.3 Å². The molecule has 0 amide bonds. The van der Waals surface area contributed by atoms with Crippen LogP contribution in [0.25, 0.3) is 21.6 Å². The number of hydrogen-bond acceptors (Lipinski definition) is 4. The first-order valence-electron chi connectivity index (χ1n) is 7.36. The summed E-state index contributed by atoms with van der Waals surface area (Å²) in [5.41, 5.74) is 3.76. The zero-order chi connectivity index (χ0) is 15.5. The Hall–Kier alpha value is -2.72. The van der Waals surface area contributed by atoms with Gasteiger partial charge < -0.3 is 4.74 Å². The van der Waals surface area contributed by atoms with Crippen LogP contribution in [-0.4, -0.2) is 9.97 Å². The van der Waals surface area contributed by atoms with Crippen molar-refractivity contribution in [3.05, 3.63) is 77.8 Å². The van der Waals surface area contributed by atoms with Crippen LogP contribution in [0.1, 0.15) is 5.56 Å². The number of benzene rings is 2. The molecule has 0 unspecified atom stereocenters. The lowest BCUT2D eigenvalue weighted by molar-refractivity contribution is 0.306. The summed E-state index contributed by atoms with van der Waals surface area (Å²) in [5.74, 6) is 0.805. The highest BCUT2D eigenvalue weighted by Crippen LogP contribution is 2.25. The third-order valence-corrected chi connectivity index (χ3v) is 4.43. The first kappa shape index (κ1) is 13.9. The molecule has 0 spiro atoms. The zero-order valence-corrected chi connectivity index (χ0v) is 13.2. The molecule has 0 N–H and O–H groups in total. The van der Waals surface area contributed by atoms with Gasteiger partial charge in [-0.05, 0) is 29.1 Å². The van der Waals surface area contributed by atoms with E-state index >= 15 is 0 Å². The topological polar surface area (TPSA) is 35.0 Å². The molecule has 0 atom stereocenters. The molecule has 4 rings (SSSR count). The van der Waals surface area contributed by atoms with Gasteiger partial charge in [-0.3, -0.25) is 4.98 Å². The van der Waals surface area contributed by atoms with Crippen molar-refractivity contribution in [2.45, 2.75) is 6.61 Å². The monoisotopic (exact) mass is 318 g/mol. The highest BCUT2D eigenvalue weighted by atomic mass is 32.1. The lowest BCUT2D eigenvalue weighted by atomic mass is 10.2. The van der Waals surface area contributed by atoms with E-state index in [4.69, 9.17) is 9.72 Å². The fourth-order valence-electron chi connectivity index (χ4n) is 2.36. The quantitative estimate of drug-likeness (QED) is 0.535. The Bertz CT molecular complexity index is 921. The van der Waals surface area contributed by atoms with Gasteiger partial charge in [-0.1, -0.05) is 36.4 Å². The molecule has 4 heteroatoms. The molecule has 2 heterocycles. The molecule has 112 valence electrons. The molecular weight excluding hydrogens is 304 g/mol. The second kappa shape index (κ2) is 6.18. The minimum atomic E-state index is 0.546. The maximum Gasteiger partial charge on any atom is 0.122 e. The smallest absolute Gasteiger partial charge is 0.122 e. The largest absolute Gasteiger partial charge is 0.489 e. The Morgan fingerprint density at radius 2 is 1.83 bits per heavy atom. The normalized spacial score (nSPS) is 10.8. The molecule has 2 aromatic heterocycles. The van der Waals surface area contributed by atoms with E-state index < -0.39 is 0 Å². The van der Waals surface area contributed by atoms with Crippen LogP contribution in [0.15, 0.2) is 72.2 Å². The molecule has 0 radical (unpaired) electrons. The van der Waals surface area contributed by atoms with Crippen molar-refractivity contribution in [3.63, 3.8) is 0 Å². The molecule has 0 bridgehead atoms. The Morgan fingerprint density at radius 1 is 0.913 bits per heavy atom. The van der Waals surface area contributed by atoms with E-state index in [1.807, 2.05) is 54.0 Å². The molecule has 0 aliphatic heterocycles. The van der Waals surface area contributed by atoms with Gasteiger partial charge in [0.05, 0.1) is 27.8 Å². The van der Waals surface area contributed by atoms with Crippen molar-refractivity contribution >= 4 is 22.4 Å². The summed E-state index contributed by atoms with van der Waals surface area (Å²) >= 11 is 1.66. The maximum absolute atomic E-state index is 5.87.